The minimum atomic E-state index is 0. The summed E-state index contributed by atoms with van der Waals surface area (Å²) in [5, 5.41) is 3.72. The number of hydrogen-bond donors (Lipinski definition) is 1. The van der Waals surface area contributed by atoms with Crippen LogP contribution in [0.25, 0.3) is 0 Å². The van der Waals surface area contributed by atoms with Crippen LogP contribution in [0.15, 0.2) is 47.2 Å². The third-order valence-corrected chi connectivity index (χ3v) is 8.07. The lowest BCUT2D eigenvalue weighted by atomic mass is 9.61. The number of allylic oxidation sites excluding steroid dienone is 2. The van der Waals surface area contributed by atoms with Crippen LogP contribution < -0.4 is 29.3 Å². The number of carbonyl (C=O) groups excluding carboxylic acids is 1. The number of rotatable bonds is 5. The van der Waals surface area contributed by atoms with Crippen molar-refractivity contribution >= 4 is 12.0 Å². The highest BCUT2D eigenvalue weighted by Crippen LogP contribution is 2.63. The minimum Gasteiger partial charge on any atom is -1.00 e. The van der Waals surface area contributed by atoms with Gasteiger partial charge in [-0.15, -0.1) is 0 Å². The van der Waals surface area contributed by atoms with E-state index in [0.29, 0.717) is 12.0 Å². The van der Waals surface area contributed by atoms with Crippen LogP contribution in [0, 0.1) is 5.92 Å². The molecular formula is C24H31IN2O. The number of nitrogens with zero attached hydrogens (tertiary/aromatic N) is 1. The number of benzene rings is 1. The van der Waals surface area contributed by atoms with E-state index < -0.39 is 0 Å². The Morgan fingerprint density at radius 2 is 2.11 bits per heavy atom. The minimum absolute atomic E-state index is 0. The van der Waals surface area contributed by atoms with Gasteiger partial charge in [-0.1, -0.05) is 37.6 Å². The van der Waals surface area contributed by atoms with Crippen LogP contribution >= 0.6 is 0 Å². The van der Waals surface area contributed by atoms with Crippen molar-refractivity contribution in [3.8, 4) is 0 Å². The molecule has 0 aromatic heterocycles. The second-order valence-corrected chi connectivity index (χ2v) is 9.04. The van der Waals surface area contributed by atoms with Crippen molar-refractivity contribution in [1.29, 1.82) is 0 Å². The molecule has 5 rings (SSSR count). The first-order valence-electron chi connectivity index (χ1n) is 10.8. The van der Waals surface area contributed by atoms with Gasteiger partial charge in [0.25, 0.3) is 0 Å². The Balaban J connectivity index is 0.00000192. The van der Waals surface area contributed by atoms with Crippen molar-refractivity contribution in [3.63, 3.8) is 0 Å². The summed E-state index contributed by atoms with van der Waals surface area (Å²) in [5.41, 5.74) is 6.48. The molecule has 1 unspecified atom stereocenters. The summed E-state index contributed by atoms with van der Waals surface area (Å²) in [6.07, 6.45) is 9.70. The zero-order chi connectivity index (χ0) is 18.6. The number of anilines is 1. The average molecular weight is 490 g/mol. The van der Waals surface area contributed by atoms with Gasteiger partial charge in [0.15, 0.2) is 0 Å². The second-order valence-electron chi connectivity index (χ2n) is 9.04. The molecule has 1 aromatic rings. The molecule has 1 N–H and O–H groups in total. The molecule has 2 fully saturated rings. The monoisotopic (exact) mass is 490 g/mol. The number of piperidine rings is 1. The summed E-state index contributed by atoms with van der Waals surface area (Å²) in [7, 11) is 0. The molecule has 150 valence electrons. The first kappa shape index (κ1) is 20.1. The molecule has 4 atom stereocenters. The van der Waals surface area contributed by atoms with E-state index >= 15 is 0 Å². The molecular weight excluding hydrogens is 459 g/mol. The Hall–Kier alpha value is -1.14. The van der Waals surface area contributed by atoms with Gasteiger partial charge in [-0.25, -0.2) is 0 Å². The smallest absolute Gasteiger partial charge is 0.148 e. The van der Waals surface area contributed by atoms with E-state index in [1.807, 2.05) is 0 Å². The molecule has 0 radical (unpaired) electrons. The van der Waals surface area contributed by atoms with Crippen molar-refractivity contribution in [2.24, 2.45) is 5.92 Å². The fourth-order valence-corrected chi connectivity index (χ4v) is 6.91. The van der Waals surface area contributed by atoms with Crippen LogP contribution in [0.4, 0.5) is 5.69 Å². The third-order valence-electron chi connectivity index (χ3n) is 8.07. The molecule has 1 aliphatic carbocycles. The molecule has 28 heavy (non-hydrogen) atoms. The Morgan fingerprint density at radius 1 is 1.29 bits per heavy atom. The molecule has 4 aliphatic rings. The van der Waals surface area contributed by atoms with Gasteiger partial charge in [0, 0.05) is 35.7 Å². The standard InChI is InChI=1S/C24H30N2O.HI/c1-3-5-8-12-26-13-11-24-20-9-6-7-10-21(20)25-23(24)19(16-27)18(14-22(24)26)17(4-2)15-26;/h4,6-7,9-10,16,18,22H,3,5,8,11-15H2,1-2H3;1H/b17-4+;/t18-,22-,24+,26?;/m0./s1. The Bertz CT molecular complexity index is 860. The van der Waals surface area contributed by atoms with Crippen LogP contribution in [0.5, 0.6) is 0 Å². The van der Waals surface area contributed by atoms with E-state index in [2.05, 4.69) is 49.5 Å². The highest BCUT2D eigenvalue weighted by molar-refractivity contribution is 5.84. The highest BCUT2D eigenvalue weighted by Gasteiger charge is 2.68. The number of aldehydes is 1. The SMILES string of the molecule is C/C=C1\C[N+]2(CCCCC)CC[C@]34C(=C(C=O)[C@H]1C[C@@H]32)Nc1ccccc14.[I-]. The van der Waals surface area contributed by atoms with Gasteiger partial charge in [-0.05, 0) is 37.0 Å². The molecule has 3 nitrogen and oxygen atoms in total. The summed E-state index contributed by atoms with van der Waals surface area (Å²) < 4.78 is 1.24. The summed E-state index contributed by atoms with van der Waals surface area (Å²) >= 11 is 0. The maximum atomic E-state index is 12.2. The Kier molecular flexibility index (Phi) is 5.24. The molecule has 3 heterocycles. The lowest BCUT2D eigenvalue weighted by molar-refractivity contribution is -0.941. The van der Waals surface area contributed by atoms with Crippen LogP contribution in [0.2, 0.25) is 0 Å². The molecule has 0 saturated carbocycles. The van der Waals surface area contributed by atoms with Crippen molar-refractivity contribution in [2.45, 2.75) is 57.4 Å². The van der Waals surface area contributed by atoms with Gasteiger partial charge in [-0.2, -0.15) is 0 Å². The van der Waals surface area contributed by atoms with Gasteiger partial charge >= 0.3 is 0 Å². The number of para-hydroxylation sites is 1. The topological polar surface area (TPSA) is 29.1 Å². The number of hydrogen-bond acceptors (Lipinski definition) is 2. The van der Waals surface area contributed by atoms with Crippen molar-refractivity contribution in [1.82, 2.24) is 0 Å². The number of nitrogens with one attached hydrogen (secondary N) is 1. The summed E-state index contributed by atoms with van der Waals surface area (Å²) in [6, 6.07) is 9.41. The number of unbranched alkanes of at least 4 members (excludes halogenated alkanes) is 2. The van der Waals surface area contributed by atoms with Gasteiger partial charge < -0.3 is 33.8 Å². The van der Waals surface area contributed by atoms with Gasteiger partial charge in [-0.3, -0.25) is 4.79 Å². The van der Waals surface area contributed by atoms with Crippen LogP contribution in [0.3, 0.4) is 0 Å². The first-order valence-corrected chi connectivity index (χ1v) is 10.8. The first-order chi connectivity index (χ1) is 13.2. The van der Waals surface area contributed by atoms with Gasteiger partial charge in [0.1, 0.15) is 18.9 Å². The maximum Gasteiger partial charge on any atom is 0.148 e. The molecule has 0 amide bonds. The van der Waals surface area contributed by atoms with E-state index in [1.165, 1.54) is 65.8 Å². The molecule has 2 saturated heterocycles. The lowest BCUT2D eigenvalue weighted by Crippen LogP contribution is -3.00. The largest absolute Gasteiger partial charge is 1.00 e. The maximum absolute atomic E-state index is 12.2. The Labute approximate surface area is 185 Å². The quantitative estimate of drug-likeness (QED) is 0.223. The molecule has 2 bridgehead atoms. The van der Waals surface area contributed by atoms with E-state index in [9.17, 15) is 4.79 Å². The molecule has 3 aliphatic heterocycles. The van der Waals surface area contributed by atoms with Crippen molar-refractivity contribution < 1.29 is 33.3 Å². The van der Waals surface area contributed by atoms with Crippen LogP contribution in [-0.4, -0.2) is 36.4 Å². The fraction of sp³-hybridized carbons (Fsp3) is 0.542. The average Bonchev–Trinajstić information content (AvgIpc) is 3.22. The van der Waals surface area contributed by atoms with Gasteiger partial charge in [0.05, 0.1) is 18.5 Å². The van der Waals surface area contributed by atoms with Crippen LogP contribution in [-0.2, 0) is 10.2 Å². The second kappa shape index (κ2) is 7.28. The van der Waals surface area contributed by atoms with Crippen LogP contribution in [0.1, 0.15) is 51.5 Å². The Morgan fingerprint density at radius 3 is 2.86 bits per heavy atom. The van der Waals surface area contributed by atoms with Crippen molar-refractivity contribution in [2.75, 3.05) is 25.0 Å². The number of fused-ring (bicyclic) bond motifs is 2. The number of halogens is 1. The zero-order valence-corrected chi connectivity index (χ0v) is 19.2. The normalized spacial score (nSPS) is 35.9. The van der Waals surface area contributed by atoms with E-state index in [0.717, 1.165) is 24.8 Å². The summed E-state index contributed by atoms with van der Waals surface area (Å²) in [6.45, 7) is 8.13. The third kappa shape index (κ3) is 2.46. The number of carbonyl (C=O) groups is 1. The number of quaternary nitrogens is 1. The summed E-state index contributed by atoms with van der Waals surface area (Å²) in [4.78, 5) is 12.2. The zero-order valence-electron chi connectivity index (χ0n) is 17.0. The van der Waals surface area contributed by atoms with Gasteiger partial charge in [0.2, 0.25) is 0 Å². The predicted molar refractivity (Wildman–Crippen MR) is 109 cm³/mol. The van der Waals surface area contributed by atoms with E-state index in [1.54, 1.807) is 0 Å². The van der Waals surface area contributed by atoms with E-state index in [4.69, 9.17) is 0 Å². The predicted octanol–water partition coefficient (Wildman–Crippen LogP) is 1.57. The fourth-order valence-electron chi connectivity index (χ4n) is 6.91. The lowest BCUT2D eigenvalue weighted by Gasteiger charge is -2.53. The highest BCUT2D eigenvalue weighted by atomic mass is 127. The molecule has 4 heteroatoms. The van der Waals surface area contributed by atoms with E-state index in [-0.39, 0.29) is 29.4 Å². The van der Waals surface area contributed by atoms with Crippen molar-refractivity contribution in [3.05, 3.63) is 52.7 Å². The summed E-state index contributed by atoms with van der Waals surface area (Å²) in [5.74, 6) is 0.318. The molecule has 1 spiro atoms. The molecule has 1 aromatic carbocycles.